The van der Waals surface area contributed by atoms with Crippen LogP contribution in [0.4, 0.5) is 0 Å². The van der Waals surface area contributed by atoms with Gasteiger partial charge in [-0.25, -0.2) is 0 Å². The number of aryl methyl sites for hydroxylation is 1. The monoisotopic (exact) mass is 250 g/mol. The van der Waals surface area contributed by atoms with Crippen molar-refractivity contribution in [2.75, 3.05) is 0 Å². The maximum atomic E-state index is 6.33. The minimum atomic E-state index is 0.254. The van der Waals surface area contributed by atoms with E-state index >= 15 is 0 Å². The van der Waals surface area contributed by atoms with Gasteiger partial charge in [0.15, 0.2) is 0 Å². The van der Waals surface area contributed by atoms with Gasteiger partial charge in [-0.05, 0) is 24.7 Å². The molecule has 2 rings (SSSR count). The lowest BCUT2D eigenvalue weighted by Crippen LogP contribution is -2.35. The van der Waals surface area contributed by atoms with Crippen LogP contribution in [0.5, 0.6) is 0 Å². The number of hydrogen-bond acceptors (Lipinski definition) is 3. The highest BCUT2D eigenvalue weighted by atomic mass is 15.4. The molecule has 0 amide bonds. The number of rotatable bonds is 5. The molecule has 1 atom stereocenters. The Balaban J connectivity index is 1.78. The third-order valence-corrected chi connectivity index (χ3v) is 4.29. The van der Waals surface area contributed by atoms with Crippen LogP contribution >= 0.6 is 0 Å². The van der Waals surface area contributed by atoms with Gasteiger partial charge in [0.25, 0.3) is 0 Å². The summed E-state index contributed by atoms with van der Waals surface area (Å²) in [5, 5.41) is 8.09. The summed E-state index contributed by atoms with van der Waals surface area (Å²) in [4.78, 5) is 0. The Morgan fingerprint density at radius 2 is 2.11 bits per heavy atom. The first-order valence-electron chi connectivity index (χ1n) is 7.29. The SMILES string of the molecule is CCCC1CCC(C(N)Cc2cn(C)nn2)CC1. The third-order valence-electron chi connectivity index (χ3n) is 4.29. The van der Waals surface area contributed by atoms with Crippen LogP contribution in [0.25, 0.3) is 0 Å². The van der Waals surface area contributed by atoms with Crippen LogP contribution in [-0.4, -0.2) is 21.0 Å². The molecule has 0 radical (unpaired) electrons. The van der Waals surface area contributed by atoms with Crippen molar-refractivity contribution in [1.29, 1.82) is 0 Å². The van der Waals surface area contributed by atoms with Crippen LogP contribution in [0.3, 0.4) is 0 Å². The average molecular weight is 250 g/mol. The van der Waals surface area contributed by atoms with Gasteiger partial charge in [0.05, 0.1) is 5.69 Å². The van der Waals surface area contributed by atoms with E-state index in [4.69, 9.17) is 5.73 Å². The molecule has 1 saturated carbocycles. The van der Waals surface area contributed by atoms with Gasteiger partial charge >= 0.3 is 0 Å². The zero-order chi connectivity index (χ0) is 13.0. The van der Waals surface area contributed by atoms with Gasteiger partial charge in [-0.2, -0.15) is 0 Å². The fourth-order valence-corrected chi connectivity index (χ4v) is 3.21. The third kappa shape index (κ3) is 3.55. The minimum Gasteiger partial charge on any atom is -0.327 e. The second-order valence-electron chi connectivity index (χ2n) is 5.82. The van der Waals surface area contributed by atoms with E-state index in [1.807, 2.05) is 13.2 Å². The number of hydrogen-bond donors (Lipinski definition) is 1. The fraction of sp³-hybridized carbons (Fsp3) is 0.857. The van der Waals surface area contributed by atoms with Crippen LogP contribution in [-0.2, 0) is 13.5 Å². The molecule has 102 valence electrons. The largest absolute Gasteiger partial charge is 0.327 e. The normalized spacial score (nSPS) is 26.2. The highest BCUT2D eigenvalue weighted by molar-refractivity contribution is 4.97. The van der Waals surface area contributed by atoms with Crippen LogP contribution < -0.4 is 5.73 Å². The van der Waals surface area contributed by atoms with Crippen molar-refractivity contribution in [1.82, 2.24) is 15.0 Å². The lowest BCUT2D eigenvalue weighted by atomic mass is 9.76. The van der Waals surface area contributed by atoms with Gasteiger partial charge in [-0.3, -0.25) is 4.68 Å². The van der Waals surface area contributed by atoms with Crippen LogP contribution in [0, 0.1) is 11.8 Å². The summed E-state index contributed by atoms with van der Waals surface area (Å²) in [5.74, 6) is 1.63. The summed E-state index contributed by atoms with van der Waals surface area (Å²) in [6.07, 6.45) is 10.9. The lowest BCUT2D eigenvalue weighted by molar-refractivity contribution is 0.232. The van der Waals surface area contributed by atoms with E-state index in [0.29, 0.717) is 5.92 Å². The summed E-state index contributed by atoms with van der Waals surface area (Å²) in [5.41, 5.74) is 7.36. The molecule has 4 heteroatoms. The van der Waals surface area contributed by atoms with E-state index in [9.17, 15) is 0 Å². The Labute approximate surface area is 110 Å². The topological polar surface area (TPSA) is 56.7 Å². The molecule has 1 aliphatic rings. The Morgan fingerprint density at radius 1 is 1.39 bits per heavy atom. The van der Waals surface area contributed by atoms with Crippen molar-refractivity contribution in [3.05, 3.63) is 11.9 Å². The van der Waals surface area contributed by atoms with Crippen molar-refractivity contribution >= 4 is 0 Å². The number of nitrogens with two attached hydrogens (primary N) is 1. The molecule has 4 nitrogen and oxygen atoms in total. The maximum Gasteiger partial charge on any atom is 0.0842 e. The average Bonchev–Trinajstić information content (AvgIpc) is 2.76. The van der Waals surface area contributed by atoms with E-state index in [1.54, 1.807) is 4.68 Å². The van der Waals surface area contributed by atoms with E-state index in [1.165, 1.54) is 38.5 Å². The van der Waals surface area contributed by atoms with Crippen LogP contribution in [0.15, 0.2) is 6.20 Å². The predicted molar refractivity (Wildman–Crippen MR) is 73.0 cm³/mol. The summed E-state index contributed by atoms with van der Waals surface area (Å²) >= 11 is 0. The first-order valence-corrected chi connectivity index (χ1v) is 7.29. The van der Waals surface area contributed by atoms with Gasteiger partial charge in [-0.15, -0.1) is 5.10 Å². The molecular weight excluding hydrogens is 224 g/mol. The van der Waals surface area contributed by atoms with Crippen LogP contribution in [0.2, 0.25) is 0 Å². The van der Waals surface area contributed by atoms with Crippen molar-refractivity contribution in [2.45, 2.75) is 57.9 Å². The molecule has 1 aliphatic carbocycles. The Bertz CT molecular complexity index is 352. The van der Waals surface area contributed by atoms with Crippen molar-refractivity contribution < 1.29 is 0 Å². The molecular formula is C14H26N4. The predicted octanol–water partition coefficient (Wildman–Crippen LogP) is 2.29. The molecule has 1 heterocycles. The molecule has 0 aromatic carbocycles. The molecule has 18 heavy (non-hydrogen) atoms. The molecule has 0 saturated heterocycles. The molecule has 1 fully saturated rings. The smallest absolute Gasteiger partial charge is 0.0842 e. The van der Waals surface area contributed by atoms with Gasteiger partial charge in [0.2, 0.25) is 0 Å². The number of nitrogens with zero attached hydrogens (tertiary/aromatic N) is 3. The molecule has 2 N–H and O–H groups in total. The first-order chi connectivity index (χ1) is 8.69. The summed E-state index contributed by atoms with van der Waals surface area (Å²) < 4.78 is 1.75. The maximum absolute atomic E-state index is 6.33. The van der Waals surface area contributed by atoms with Crippen LogP contribution in [0.1, 0.15) is 51.1 Å². The molecule has 1 aromatic heterocycles. The van der Waals surface area contributed by atoms with Gasteiger partial charge in [0, 0.05) is 25.7 Å². The van der Waals surface area contributed by atoms with Crippen molar-refractivity contribution in [2.24, 2.45) is 24.6 Å². The highest BCUT2D eigenvalue weighted by Gasteiger charge is 2.25. The lowest BCUT2D eigenvalue weighted by Gasteiger charge is -2.31. The molecule has 1 aromatic rings. The zero-order valence-corrected chi connectivity index (χ0v) is 11.7. The number of aromatic nitrogens is 3. The Hall–Kier alpha value is -0.900. The molecule has 0 aliphatic heterocycles. The Morgan fingerprint density at radius 3 is 2.67 bits per heavy atom. The molecule has 0 bridgehead atoms. The van der Waals surface area contributed by atoms with E-state index in [2.05, 4.69) is 17.2 Å². The van der Waals surface area contributed by atoms with E-state index < -0.39 is 0 Å². The van der Waals surface area contributed by atoms with Gasteiger partial charge in [-0.1, -0.05) is 37.8 Å². The Kier molecular flexibility index (Phi) is 4.75. The summed E-state index contributed by atoms with van der Waals surface area (Å²) in [6.45, 7) is 2.28. The molecule has 1 unspecified atom stereocenters. The van der Waals surface area contributed by atoms with Crippen molar-refractivity contribution in [3.63, 3.8) is 0 Å². The van der Waals surface area contributed by atoms with E-state index in [-0.39, 0.29) is 6.04 Å². The summed E-state index contributed by atoms with van der Waals surface area (Å²) in [6, 6.07) is 0.254. The first kappa shape index (κ1) is 13.5. The van der Waals surface area contributed by atoms with E-state index in [0.717, 1.165) is 18.0 Å². The summed E-state index contributed by atoms with van der Waals surface area (Å²) in [7, 11) is 1.90. The second-order valence-corrected chi connectivity index (χ2v) is 5.82. The minimum absolute atomic E-state index is 0.254. The zero-order valence-electron chi connectivity index (χ0n) is 11.7. The van der Waals surface area contributed by atoms with Gasteiger partial charge in [0.1, 0.15) is 0 Å². The van der Waals surface area contributed by atoms with Gasteiger partial charge < -0.3 is 5.73 Å². The quantitative estimate of drug-likeness (QED) is 0.872. The molecule has 0 spiro atoms. The second kappa shape index (κ2) is 6.32. The van der Waals surface area contributed by atoms with Crippen molar-refractivity contribution in [3.8, 4) is 0 Å². The highest BCUT2D eigenvalue weighted by Crippen LogP contribution is 2.33. The standard InChI is InChI=1S/C14H26N4/c1-3-4-11-5-7-12(8-6-11)14(15)9-13-10-18(2)17-16-13/h10-12,14H,3-9,15H2,1-2H3. The fourth-order valence-electron chi connectivity index (χ4n) is 3.21.